The van der Waals surface area contributed by atoms with Gasteiger partial charge in [-0.2, -0.15) is 0 Å². The van der Waals surface area contributed by atoms with E-state index in [1.54, 1.807) is 0 Å². The fraction of sp³-hybridized carbons (Fsp3) is 0.846. The Kier molecular flexibility index (Phi) is 4.38. The minimum Gasteiger partial charge on any atom is -0.378 e. The normalized spacial score (nSPS) is 32.5. The first kappa shape index (κ1) is 12.1. The number of nitrogens with two attached hydrogens (primary N) is 1. The van der Waals surface area contributed by atoms with Gasteiger partial charge in [-0.05, 0) is 38.5 Å². The third kappa shape index (κ3) is 2.47. The molecule has 1 aliphatic carbocycles. The van der Waals surface area contributed by atoms with Crippen LogP contribution in [0.5, 0.6) is 0 Å². The van der Waals surface area contributed by atoms with Crippen molar-refractivity contribution in [1.82, 2.24) is 5.43 Å². The summed E-state index contributed by atoms with van der Waals surface area (Å²) in [4.78, 5) is 0. The highest BCUT2D eigenvalue weighted by Gasteiger charge is 2.34. The fourth-order valence-electron chi connectivity index (χ4n) is 3.12. The Morgan fingerprint density at radius 2 is 2.44 bits per heavy atom. The van der Waals surface area contributed by atoms with E-state index < -0.39 is 0 Å². The standard InChI is InChI=1S/C13H24N2O/c1-2-12-11(8-9-16-12)13(15-14)10-6-4-3-5-7-10/h6,11-13,15H,2-5,7-9,14H2,1H3. The summed E-state index contributed by atoms with van der Waals surface area (Å²) in [6.45, 7) is 3.10. The number of rotatable bonds is 4. The van der Waals surface area contributed by atoms with Crippen molar-refractivity contribution >= 4 is 0 Å². The number of hydrogen-bond donors (Lipinski definition) is 2. The SMILES string of the molecule is CCC1OCCC1C(NN)C1=CCCCC1. The second kappa shape index (κ2) is 5.80. The van der Waals surface area contributed by atoms with Gasteiger partial charge in [0.05, 0.1) is 6.10 Å². The molecule has 3 heteroatoms. The summed E-state index contributed by atoms with van der Waals surface area (Å²) in [5, 5.41) is 0. The quantitative estimate of drug-likeness (QED) is 0.437. The molecule has 92 valence electrons. The van der Waals surface area contributed by atoms with E-state index in [9.17, 15) is 0 Å². The summed E-state index contributed by atoms with van der Waals surface area (Å²) in [7, 11) is 0. The van der Waals surface area contributed by atoms with Gasteiger partial charge in [-0.15, -0.1) is 0 Å². The molecule has 3 unspecified atom stereocenters. The minimum absolute atomic E-state index is 0.341. The van der Waals surface area contributed by atoms with Crippen LogP contribution in [0.25, 0.3) is 0 Å². The lowest BCUT2D eigenvalue weighted by Gasteiger charge is -2.30. The molecular formula is C13H24N2O. The highest BCUT2D eigenvalue weighted by molar-refractivity contribution is 5.15. The zero-order valence-electron chi connectivity index (χ0n) is 10.2. The van der Waals surface area contributed by atoms with E-state index in [2.05, 4.69) is 18.4 Å². The molecular weight excluding hydrogens is 200 g/mol. The van der Waals surface area contributed by atoms with E-state index in [-0.39, 0.29) is 0 Å². The van der Waals surface area contributed by atoms with Crippen LogP contribution in [0.4, 0.5) is 0 Å². The van der Waals surface area contributed by atoms with E-state index in [1.807, 2.05) is 0 Å². The second-order valence-corrected chi connectivity index (χ2v) is 4.94. The van der Waals surface area contributed by atoms with Crippen LogP contribution >= 0.6 is 0 Å². The van der Waals surface area contributed by atoms with Gasteiger partial charge in [-0.1, -0.05) is 18.6 Å². The van der Waals surface area contributed by atoms with Gasteiger partial charge >= 0.3 is 0 Å². The zero-order valence-corrected chi connectivity index (χ0v) is 10.2. The molecule has 3 nitrogen and oxygen atoms in total. The predicted octanol–water partition coefficient (Wildman–Crippen LogP) is 2.13. The van der Waals surface area contributed by atoms with Gasteiger partial charge in [-0.3, -0.25) is 11.3 Å². The van der Waals surface area contributed by atoms with Crippen LogP contribution in [-0.4, -0.2) is 18.8 Å². The van der Waals surface area contributed by atoms with Crippen LogP contribution in [-0.2, 0) is 4.74 Å². The third-order valence-corrected chi connectivity index (χ3v) is 4.00. The highest BCUT2D eigenvalue weighted by atomic mass is 16.5. The van der Waals surface area contributed by atoms with E-state index >= 15 is 0 Å². The average molecular weight is 224 g/mol. The molecule has 0 aromatic rings. The van der Waals surface area contributed by atoms with Crippen LogP contribution in [0.3, 0.4) is 0 Å². The van der Waals surface area contributed by atoms with Gasteiger partial charge in [-0.25, -0.2) is 0 Å². The minimum atomic E-state index is 0.341. The van der Waals surface area contributed by atoms with Crippen LogP contribution in [0.2, 0.25) is 0 Å². The lowest BCUT2D eigenvalue weighted by atomic mass is 9.83. The molecule has 1 aliphatic heterocycles. The third-order valence-electron chi connectivity index (χ3n) is 4.00. The Morgan fingerprint density at radius 1 is 1.56 bits per heavy atom. The Morgan fingerprint density at radius 3 is 3.06 bits per heavy atom. The second-order valence-electron chi connectivity index (χ2n) is 4.94. The molecule has 0 amide bonds. The molecule has 0 saturated carbocycles. The Bertz CT molecular complexity index is 252. The Balaban J connectivity index is 2.05. The average Bonchev–Trinajstić information content (AvgIpc) is 2.80. The first-order valence-corrected chi connectivity index (χ1v) is 6.63. The molecule has 0 spiro atoms. The van der Waals surface area contributed by atoms with Crippen molar-refractivity contribution in [3.63, 3.8) is 0 Å². The molecule has 1 saturated heterocycles. The van der Waals surface area contributed by atoms with E-state index in [0.29, 0.717) is 18.1 Å². The Labute approximate surface area is 98.4 Å². The summed E-state index contributed by atoms with van der Waals surface area (Å²) < 4.78 is 5.77. The first-order valence-electron chi connectivity index (χ1n) is 6.63. The van der Waals surface area contributed by atoms with E-state index in [4.69, 9.17) is 10.6 Å². The Hall–Kier alpha value is -0.380. The first-order chi connectivity index (χ1) is 7.86. The van der Waals surface area contributed by atoms with Crippen LogP contribution in [0.1, 0.15) is 45.4 Å². The van der Waals surface area contributed by atoms with Crippen molar-refractivity contribution in [2.45, 2.75) is 57.6 Å². The van der Waals surface area contributed by atoms with Crippen molar-refractivity contribution in [1.29, 1.82) is 0 Å². The summed E-state index contributed by atoms with van der Waals surface area (Å²) in [5.74, 6) is 6.32. The number of hydrazine groups is 1. The van der Waals surface area contributed by atoms with Crippen molar-refractivity contribution in [2.24, 2.45) is 11.8 Å². The van der Waals surface area contributed by atoms with Crippen molar-refractivity contribution < 1.29 is 4.74 Å². The van der Waals surface area contributed by atoms with E-state index in [1.165, 1.54) is 31.3 Å². The van der Waals surface area contributed by atoms with Crippen molar-refractivity contribution in [3.05, 3.63) is 11.6 Å². The smallest absolute Gasteiger partial charge is 0.0620 e. The van der Waals surface area contributed by atoms with Gasteiger partial charge in [0, 0.05) is 18.6 Å². The largest absolute Gasteiger partial charge is 0.378 e. The molecule has 0 aromatic carbocycles. The summed E-state index contributed by atoms with van der Waals surface area (Å²) in [6.07, 6.45) is 10.1. The summed E-state index contributed by atoms with van der Waals surface area (Å²) >= 11 is 0. The van der Waals surface area contributed by atoms with Crippen LogP contribution in [0.15, 0.2) is 11.6 Å². The summed E-state index contributed by atoms with van der Waals surface area (Å²) in [6, 6.07) is 0.341. The molecule has 2 aliphatic rings. The van der Waals surface area contributed by atoms with Crippen molar-refractivity contribution in [2.75, 3.05) is 6.61 Å². The van der Waals surface area contributed by atoms with Crippen molar-refractivity contribution in [3.8, 4) is 0 Å². The molecule has 1 fully saturated rings. The maximum Gasteiger partial charge on any atom is 0.0620 e. The molecule has 16 heavy (non-hydrogen) atoms. The van der Waals surface area contributed by atoms with Crippen LogP contribution < -0.4 is 11.3 Å². The van der Waals surface area contributed by atoms with Gasteiger partial charge in [0.15, 0.2) is 0 Å². The molecule has 3 atom stereocenters. The number of ether oxygens (including phenoxy) is 1. The lowest BCUT2D eigenvalue weighted by Crippen LogP contribution is -2.45. The van der Waals surface area contributed by atoms with Gasteiger partial charge in [0.25, 0.3) is 0 Å². The monoisotopic (exact) mass is 224 g/mol. The maximum atomic E-state index is 5.77. The van der Waals surface area contributed by atoms with Crippen LogP contribution in [0, 0.1) is 5.92 Å². The molecule has 1 heterocycles. The zero-order chi connectivity index (χ0) is 11.4. The predicted molar refractivity (Wildman–Crippen MR) is 65.8 cm³/mol. The molecule has 2 rings (SSSR count). The van der Waals surface area contributed by atoms with Gasteiger partial charge in [0.1, 0.15) is 0 Å². The van der Waals surface area contributed by atoms with Gasteiger partial charge in [0.2, 0.25) is 0 Å². The fourth-order valence-corrected chi connectivity index (χ4v) is 3.12. The van der Waals surface area contributed by atoms with Gasteiger partial charge < -0.3 is 4.74 Å². The number of hydrogen-bond acceptors (Lipinski definition) is 3. The molecule has 0 aromatic heterocycles. The topological polar surface area (TPSA) is 47.3 Å². The number of nitrogens with one attached hydrogen (secondary N) is 1. The summed E-state index contributed by atoms with van der Waals surface area (Å²) in [5.41, 5.74) is 4.55. The molecule has 0 radical (unpaired) electrons. The molecule has 0 bridgehead atoms. The van der Waals surface area contributed by atoms with E-state index in [0.717, 1.165) is 19.4 Å². The maximum absolute atomic E-state index is 5.77. The number of allylic oxidation sites excluding steroid dienone is 1. The lowest BCUT2D eigenvalue weighted by molar-refractivity contribution is 0.0804. The molecule has 3 N–H and O–H groups in total. The highest BCUT2D eigenvalue weighted by Crippen LogP contribution is 2.32.